The lowest BCUT2D eigenvalue weighted by atomic mass is 9.93. The smallest absolute Gasteiger partial charge is 0.407 e. The molecule has 2 heterocycles. The number of carbonyl (C=O) groups is 4. The van der Waals surface area contributed by atoms with E-state index in [0.29, 0.717) is 32.2 Å². The summed E-state index contributed by atoms with van der Waals surface area (Å²) in [4.78, 5) is 50.2. The molecule has 0 saturated carbocycles. The molecule has 2 saturated heterocycles. The van der Waals surface area contributed by atoms with E-state index in [4.69, 9.17) is 0 Å². The van der Waals surface area contributed by atoms with Crippen LogP contribution in [0.1, 0.15) is 37.7 Å². The molecule has 0 radical (unpaired) electrons. The average molecular weight is 447 g/mol. The van der Waals surface area contributed by atoms with Crippen molar-refractivity contribution in [3.05, 3.63) is 35.9 Å². The molecule has 1 aromatic rings. The van der Waals surface area contributed by atoms with Crippen LogP contribution in [0.25, 0.3) is 0 Å². The first-order valence-corrected chi connectivity index (χ1v) is 10.9. The number of nitrogens with one attached hydrogen (secondary N) is 3. The maximum absolute atomic E-state index is 12.9. The van der Waals surface area contributed by atoms with E-state index >= 15 is 0 Å². The number of likely N-dealkylation sites (tertiary alicyclic amines) is 1. The SMILES string of the molecule is O=C1NCCC1C[C@H](NC(=O)[C@@H]1CCCCN1C(=O)O)C(O)C(=O)NCc1ccccc1. The molecule has 4 atom stereocenters. The standard InChI is InChI=1S/C22H30N4O6/c27-18(21(30)24-13-14-6-2-1-3-7-14)16(12-15-9-10-23-19(15)28)25-20(29)17-8-4-5-11-26(17)22(31)32/h1-3,6-7,15-18,27H,4-5,8-13H2,(H,23,28)(H,24,30)(H,25,29)(H,31,32)/t15?,16-,17-,18?/m0/s1. The molecule has 2 fully saturated rings. The van der Waals surface area contributed by atoms with E-state index in [1.165, 1.54) is 0 Å². The zero-order valence-corrected chi connectivity index (χ0v) is 17.8. The van der Waals surface area contributed by atoms with Gasteiger partial charge < -0.3 is 26.2 Å². The molecule has 2 aliphatic heterocycles. The van der Waals surface area contributed by atoms with Gasteiger partial charge in [0.05, 0.1) is 6.04 Å². The number of carbonyl (C=O) groups excluding carboxylic acids is 3. The second-order valence-corrected chi connectivity index (χ2v) is 8.26. The van der Waals surface area contributed by atoms with Gasteiger partial charge in [0.1, 0.15) is 6.04 Å². The lowest BCUT2D eigenvalue weighted by Gasteiger charge is -2.34. The van der Waals surface area contributed by atoms with Crippen molar-refractivity contribution in [2.24, 2.45) is 5.92 Å². The van der Waals surface area contributed by atoms with Gasteiger partial charge >= 0.3 is 6.09 Å². The van der Waals surface area contributed by atoms with E-state index < -0.39 is 42.0 Å². The second-order valence-electron chi connectivity index (χ2n) is 8.26. The number of piperidine rings is 1. The molecule has 2 aliphatic rings. The minimum absolute atomic E-state index is 0.0806. The van der Waals surface area contributed by atoms with E-state index in [9.17, 15) is 29.4 Å². The molecule has 0 spiro atoms. The molecule has 4 amide bonds. The summed E-state index contributed by atoms with van der Waals surface area (Å²) in [5.41, 5.74) is 0.850. The highest BCUT2D eigenvalue weighted by molar-refractivity contribution is 5.88. The van der Waals surface area contributed by atoms with Crippen molar-refractivity contribution in [2.75, 3.05) is 13.1 Å². The Morgan fingerprint density at radius 2 is 1.91 bits per heavy atom. The highest BCUT2D eigenvalue weighted by Gasteiger charge is 2.38. The summed E-state index contributed by atoms with van der Waals surface area (Å²) >= 11 is 0. The number of carboxylic acid groups (broad SMARTS) is 1. The molecule has 174 valence electrons. The predicted molar refractivity (Wildman–Crippen MR) is 114 cm³/mol. The van der Waals surface area contributed by atoms with Crippen molar-refractivity contribution in [1.82, 2.24) is 20.9 Å². The molecule has 10 nitrogen and oxygen atoms in total. The second kappa shape index (κ2) is 10.9. The van der Waals surface area contributed by atoms with Gasteiger partial charge in [0.15, 0.2) is 6.10 Å². The number of hydrogen-bond donors (Lipinski definition) is 5. The van der Waals surface area contributed by atoms with Gasteiger partial charge in [-0.15, -0.1) is 0 Å². The Bertz CT molecular complexity index is 833. The Balaban J connectivity index is 1.68. The van der Waals surface area contributed by atoms with E-state index in [1.807, 2.05) is 30.3 Å². The van der Waals surface area contributed by atoms with E-state index in [2.05, 4.69) is 16.0 Å². The van der Waals surface area contributed by atoms with Crippen molar-refractivity contribution in [2.45, 2.75) is 56.8 Å². The molecule has 0 bridgehead atoms. The van der Waals surface area contributed by atoms with Crippen molar-refractivity contribution >= 4 is 23.8 Å². The number of nitrogens with zero attached hydrogens (tertiary/aromatic N) is 1. The Kier molecular flexibility index (Phi) is 8.04. The van der Waals surface area contributed by atoms with Crippen LogP contribution in [-0.4, -0.2) is 70.2 Å². The van der Waals surface area contributed by atoms with Gasteiger partial charge in [-0.1, -0.05) is 30.3 Å². The molecular formula is C22H30N4O6. The fraction of sp³-hybridized carbons (Fsp3) is 0.545. The summed E-state index contributed by atoms with van der Waals surface area (Å²) in [7, 11) is 0. The van der Waals surface area contributed by atoms with Crippen molar-refractivity contribution in [3.63, 3.8) is 0 Å². The highest BCUT2D eigenvalue weighted by atomic mass is 16.4. The van der Waals surface area contributed by atoms with Crippen LogP contribution in [0.4, 0.5) is 4.79 Å². The van der Waals surface area contributed by atoms with Crippen LogP contribution < -0.4 is 16.0 Å². The molecule has 3 rings (SSSR count). The summed E-state index contributed by atoms with van der Waals surface area (Å²) in [6.07, 6.45) is -0.406. The zero-order valence-electron chi connectivity index (χ0n) is 17.8. The van der Waals surface area contributed by atoms with Crippen molar-refractivity contribution in [1.29, 1.82) is 0 Å². The maximum atomic E-state index is 12.9. The highest BCUT2D eigenvalue weighted by Crippen LogP contribution is 2.21. The summed E-state index contributed by atoms with van der Waals surface area (Å²) < 4.78 is 0. The largest absolute Gasteiger partial charge is 0.465 e. The number of rotatable bonds is 8. The van der Waals surface area contributed by atoms with Gasteiger partial charge in [-0.05, 0) is 37.7 Å². The van der Waals surface area contributed by atoms with Crippen LogP contribution in [0.2, 0.25) is 0 Å². The van der Waals surface area contributed by atoms with Crippen LogP contribution in [0, 0.1) is 5.92 Å². The first-order valence-electron chi connectivity index (χ1n) is 10.9. The minimum Gasteiger partial charge on any atom is -0.465 e. The van der Waals surface area contributed by atoms with Crippen LogP contribution in [-0.2, 0) is 20.9 Å². The zero-order chi connectivity index (χ0) is 23.1. The third kappa shape index (κ3) is 5.97. The molecular weight excluding hydrogens is 416 g/mol. The van der Waals surface area contributed by atoms with E-state index in [1.54, 1.807) is 0 Å². The average Bonchev–Trinajstić information content (AvgIpc) is 3.21. The van der Waals surface area contributed by atoms with E-state index in [0.717, 1.165) is 10.5 Å². The number of benzene rings is 1. The molecule has 0 aliphatic carbocycles. The Morgan fingerprint density at radius 3 is 2.56 bits per heavy atom. The fourth-order valence-corrected chi connectivity index (χ4v) is 4.23. The Morgan fingerprint density at radius 1 is 1.16 bits per heavy atom. The van der Waals surface area contributed by atoms with Crippen LogP contribution >= 0.6 is 0 Å². The maximum Gasteiger partial charge on any atom is 0.407 e. The van der Waals surface area contributed by atoms with Gasteiger partial charge in [-0.3, -0.25) is 19.3 Å². The van der Waals surface area contributed by atoms with Gasteiger partial charge in [0, 0.05) is 25.6 Å². The molecule has 10 heteroatoms. The van der Waals surface area contributed by atoms with Gasteiger partial charge in [0.2, 0.25) is 11.8 Å². The van der Waals surface area contributed by atoms with Gasteiger partial charge in [-0.25, -0.2) is 4.79 Å². The normalized spacial score (nSPS) is 22.5. The minimum atomic E-state index is -1.59. The third-order valence-electron chi connectivity index (χ3n) is 6.04. The topological polar surface area (TPSA) is 148 Å². The predicted octanol–water partition coefficient (Wildman–Crippen LogP) is 0.207. The van der Waals surface area contributed by atoms with Crippen molar-refractivity contribution < 1.29 is 29.4 Å². The first-order chi connectivity index (χ1) is 15.4. The molecule has 0 aromatic heterocycles. The lowest BCUT2D eigenvalue weighted by Crippen LogP contribution is -2.57. The molecule has 2 unspecified atom stereocenters. The molecule has 32 heavy (non-hydrogen) atoms. The Labute approximate surface area is 186 Å². The summed E-state index contributed by atoms with van der Waals surface area (Å²) in [6.45, 7) is 0.954. The number of hydrogen-bond acceptors (Lipinski definition) is 5. The van der Waals surface area contributed by atoms with Crippen LogP contribution in [0.5, 0.6) is 0 Å². The third-order valence-corrected chi connectivity index (χ3v) is 6.04. The molecule has 5 N–H and O–H groups in total. The monoisotopic (exact) mass is 446 g/mol. The van der Waals surface area contributed by atoms with Crippen molar-refractivity contribution in [3.8, 4) is 0 Å². The number of amides is 4. The lowest BCUT2D eigenvalue weighted by molar-refractivity contribution is -0.135. The van der Waals surface area contributed by atoms with Gasteiger partial charge in [-0.2, -0.15) is 0 Å². The number of aliphatic hydroxyl groups is 1. The summed E-state index contributed by atoms with van der Waals surface area (Å²) in [5.74, 6) is -1.87. The summed E-state index contributed by atoms with van der Waals surface area (Å²) in [5, 5.41) is 28.2. The first kappa shape index (κ1) is 23.5. The van der Waals surface area contributed by atoms with Gasteiger partial charge in [0.25, 0.3) is 5.91 Å². The van der Waals surface area contributed by atoms with Crippen LogP contribution in [0.3, 0.4) is 0 Å². The molecule has 1 aromatic carbocycles. The quantitative estimate of drug-likeness (QED) is 0.385. The van der Waals surface area contributed by atoms with E-state index in [-0.39, 0.29) is 25.4 Å². The summed E-state index contributed by atoms with van der Waals surface area (Å²) in [6, 6.07) is 7.27. The number of aliphatic hydroxyl groups excluding tert-OH is 1. The fourth-order valence-electron chi connectivity index (χ4n) is 4.23. The Hall–Kier alpha value is -3.14. The van der Waals surface area contributed by atoms with Crippen LogP contribution in [0.15, 0.2) is 30.3 Å².